The Morgan fingerprint density at radius 3 is 2.95 bits per heavy atom. The van der Waals surface area contributed by atoms with E-state index in [1.165, 1.54) is 6.92 Å². The summed E-state index contributed by atoms with van der Waals surface area (Å²) < 4.78 is 0. The lowest BCUT2D eigenvalue weighted by Crippen LogP contribution is -2.43. The Labute approximate surface area is 110 Å². The molecule has 5 nitrogen and oxygen atoms in total. The van der Waals surface area contributed by atoms with Crippen LogP contribution in [0.3, 0.4) is 0 Å². The Hall–Kier alpha value is -1.98. The van der Waals surface area contributed by atoms with Crippen LogP contribution in [0.5, 0.6) is 0 Å². The molecule has 0 fully saturated rings. The summed E-state index contributed by atoms with van der Waals surface area (Å²) in [7, 11) is 0. The number of hydrogen-bond acceptors (Lipinski definition) is 4. The summed E-state index contributed by atoms with van der Waals surface area (Å²) in [5, 5.41) is 22.0. The van der Waals surface area contributed by atoms with Crippen molar-refractivity contribution < 1.29 is 15.0 Å². The van der Waals surface area contributed by atoms with E-state index in [-0.39, 0.29) is 12.5 Å². The predicted octanol–water partition coefficient (Wildman–Crippen LogP) is 0.708. The molecular formula is C14H16N2O3. The molecular weight excluding hydrogens is 244 g/mol. The van der Waals surface area contributed by atoms with E-state index in [4.69, 9.17) is 5.11 Å². The van der Waals surface area contributed by atoms with Gasteiger partial charge in [0.1, 0.15) is 5.60 Å². The molecule has 0 aliphatic heterocycles. The summed E-state index contributed by atoms with van der Waals surface area (Å²) in [5.41, 5.74) is 0.00397. The summed E-state index contributed by atoms with van der Waals surface area (Å²) in [6.45, 7) is 1.04. The first-order chi connectivity index (χ1) is 9.02. The van der Waals surface area contributed by atoms with Crippen molar-refractivity contribution in [3.8, 4) is 0 Å². The summed E-state index contributed by atoms with van der Waals surface area (Å²) in [5.74, 6) is -0.292. The first-order valence-corrected chi connectivity index (χ1v) is 5.98. The summed E-state index contributed by atoms with van der Waals surface area (Å²) >= 11 is 0. The molecule has 1 amide bonds. The number of hydrogen-bond donors (Lipinski definition) is 3. The molecule has 0 aliphatic rings. The second-order valence-electron chi connectivity index (χ2n) is 4.75. The minimum atomic E-state index is -1.31. The molecule has 0 aliphatic carbocycles. The van der Waals surface area contributed by atoms with E-state index in [0.29, 0.717) is 5.56 Å². The Bertz CT molecular complexity index is 596. The number of aromatic nitrogens is 1. The van der Waals surface area contributed by atoms with Gasteiger partial charge < -0.3 is 15.5 Å². The number of benzene rings is 1. The zero-order valence-corrected chi connectivity index (χ0v) is 10.6. The smallest absolute Gasteiger partial charge is 0.251 e. The summed E-state index contributed by atoms with van der Waals surface area (Å²) in [6, 6.07) is 8.88. The number of carbonyl (C=O) groups is 1. The van der Waals surface area contributed by atoms with E-state index < -0.39 is 12.2 Å². The first kappa shape index (κ1) is 13.5. The van der Waals surface area contributed by atoms with Gasteiger partial charge in [-0.1, -0.05) is 6.07 Å². The van der Waals surface area contributed by atoms with Crippen molar-refractivity contribution in [3.05, 3.63) is 42.1 Å². The van der Waals surface area contributed by atoms with Crippen LogP contribution in [0.25, 0.3) is 10.9 Å². The third kappa shape index (κ3) is 3.27. The molecule has 1 unspecified atom stereocenters. The number of aliphatic hydroxyl groups excluding tert-OH is 1. The molecule has 0 bridgehead atoms. The fraction of sp³-hybridized carbons (Fsp3) is 0.286. The van der Waals surface area contributed by atoms with Gasteiger partial charge in [-0.15, -0.1) is 0 Å². The van der Waals surface area contributed by atoms with Gasteiger partial charge in [0.25, 0.3) is 5.91 Å². The molecule has 1 heterocycles. The highest BCUT2D eigenvalue weighted by molar-refractivity contribution is 5.97. The number of carbonyl (C=O) groups excluding carboxylic acids is 1. The first-order valence-electron chi connectivity index (χ1n) is 5.98. The van der Waals surface area contributed by atoms with Crippen LogP contribution in [0.2, 0.25) is 0 Å². The normalized spacial score (nSPS) is 14.1. The highest BCUT2D eigenvalue weighted by Crippen LogP contribution is 2.13. The second-order valence-corrected chi connectivity index (χ2v) is 4.75. The standard InChI is InChI=1S/C14H16N2O3/c1-14(19,9-17)8-16-13(18)11-4-5-12-10(7-11)3-2-6-15-12/h2-7,17,19H,8-9H2,1H3,(H,16,18). The molecule has 19 heavy (non-hydrogen) atoms. The molecule has 0 saturated carbocycles. The molecule has 1 aromatic heterocycles. The third-order valence-corrected chi connectivity index (χ3v) is 2.84. The average molecular weight is 260 g/mol. The molecule has 2 aromatic rings. The minimum Gasteiger partial charge on any atom is -0.393 e. The van der Waals surface area contributed by atoms with Crippen LogP contribution in [-0.2, 0) is 0 Å². The van der Waals surface area contributed by atoms with Gasteiger partial charge in [-0.05, 0) is 31.2 Å². The van der Waals surface area contributed by atoms with Crippen LogP contribution in [0.15, 0.2) is 36.5 Å². The van der Waals surface area contributed by atoms with Crippen LogP contribution in [0, 0.1) is 0 Å². The summed E-state index contributed by atoms with van der Waals surface area (Å²) in [4.78, 5) is 16.1. The highest BCUT2D eigenvalue weighted by atomic mass is 16.3. The van der Waals surface area contributed by atoms with Gasteiger partial charge in [-0.25, -0.2) is 0 Å². The number of aliphatic hydroxyl groups is 2. The van der Waals surface area contributed by atoms with E-state index in [9.17, 15) is 9.90 Å². The van der Waals surface area contributed by atoms with Crippen LogP contribution in [0.4, 0.5) is 0 Å². The van der Waals surface area contributed by atoms with Crippen molar-refractivity contribution in [2.24, 2.45) is 0 Å². The van der Waals surface area contributed by atoms with Crippen molar-refractivity contribution in [2.75, 3.05) is 13.2 Å². The van der Waals surface area contributed by atoms with Crippen LogP contribution < -0.4 is 5.32 Å². The van der Waals surface area contributed by atoms with E-state index in [2.05, 4.69) is 10.3 Å². The molecule has 0 saturated heterocycles. The molecule has 5 heteroatoms. The fourth-order valence-electron chi connectivity index (χ4n) is 1.65. The van der Waals surface area contributed by atoms with Gasteiger partial charge in [0.05, 0.1) is 12.1 Å². The zero-order valence-electron chi connectivity index (χ0n) is 10.6. The van der Waals surface area contributed by atoms with Crippen molar-refractivity contribution in [1.82, 2.24) is 10.3 Å². The van der Waals surface area contributed by atoms with Crippen LogP contribution >= 0.6 is 0 Å². The predicted molar refractivity (Wildman–Crippen MR) is 71.8 cm³/mol. The maximum atomic E-state index is 11.9. The minimum absolute atomic E-state index is 0.00654. The molecule has 0 radical (unpaired) electrons. The van der Waals surface area contributed by atoms with Gasteiger partial charge in [-0.3, -0.25) is 9.78 Å². The van der Waals surface area contributed by atoms with Crippen molar-refractivity contribution in [3.63, 3.8) is 0 Å². The van der Waals surface area contributed by atoms with Crippen LogP contribution in [0.1, 0.15) is 17.3 Å². The fourth-order valence-corrected chi connectivity index (χ4v) is 1.65. The lowest BCUT2D eigenvalue weighted by Gasteiger charge is -2.20. The van der Waals surface area contributed by atoms with Gasteiger partial charge in [0.15, 0.2) is 0 Å². The summed E-state index contributed by atoms with van der Waals surface area (Å²) in [6.07, 6.45) is 1.69. The number of amides is 1. The van der Waals surface area contributed by atoms with E-state index in [1.807, 2.05) is 6.07 Å². The Morgan fingerprint density at radius 1 is 1.42 bits per heavy atom. The Balaban J connectivity index is 2.13. The lowest BCUT2D eigenvalue weighted by atomic mass is 10.1. The molecule has 3 N–H and O–H groups in total. The van der Waals surface area contributed by atoms with Crippen molar-refractivity contribution >= 4 is 16.8 Å². The molecule has 2 rings (SSSR count). The second kappa shape index (κ2) is 5.34. The Kier molecular flexibility index (Phi) is 3.78. The number of fused-ring (bicyclic) bond motifs is 1. The molecule has 0 spiro atoms. The molecule has 1 aromatic carbocycles. The van der Waals surface area contributed by atoms with Crippen molar-refractivity contribution in [2.45, 2.75) is 12.5 Å². The van der Waals surface area contributed by atoms with Gasteiger partial charge in [0, 0.05) is 23.7 Å². The topological polar surface area (TPSA) is 82.5 Å². The molecule has 100 valence electrons. The van der Waals surface area contributed by atoms with E-state index in [0.717, 1.165) is 10.9 Å². The number of pyridine rings is 1. The quantitative estimate of drug-likeness (QED) is 0.756. The third-order valence-electron chi connectivity index (χ3n) is 2.84. The largest absolute Gasteiger partial charge is 0.393 e. The zero-order chi connectivity index (χ0) is 13.9. The monoisotopic (exact) mass is 260 g/mol. The number of nitrogens with one attached hydrogen (secondary N) is 1. The lowest BCUT2D eigenvalue weighted by molar-refractivity contribution is 0.00320. The molecule has 1 atom stereocenters. The highest BCUT2D eigenvalue weighted by Gasteiger charge is 2.20. The van der Waals surface area contributed by atoms with Crippen LogP contribution in [-0.4, -0.2) is 39.9 Å². The van der Waals surface area contributed by atoms with Gasteiger partial charge in [-0.2, -0.15) is 0 Å². The average Bonchev–Trinajstić information content (AvgIpc) is 2.44. The number of rotatable bonds is 4. The van der Waals surface area contributed by atoms with E-state index >= 15 is 0 Å². The SMILES string of the molecule is CC(O)(CO)CNC(=O)c1ccc2ncccc2c1. The Morgan fingerprint density at radius 2 is 2.21 bits per heavy atom. The van der Waals surface area contributed by atoms with Crippen molar-refractivity contribution in [1.29, 1.82) is 0 Å². The van der Waals surface area contributed by atoms with Gasteiger partial charge >= 0.3 is 0 Å². The maximum absolute atomic E-state index is 11.9. The van der Waals surface area contributed by atoms with E-state index in [1.54, 1.807) is 30.5 Å². The number of nitrogens with zero attached hydrogens (tertiary/aromatic N) is 1. The maximum Gasteiger partial charge on any atom is 0.251 e. The van der Waals surface area contributed by atoms with Gasteiger partial charge in [0.2, 0.25) is 0 Å².